The average Bonchev–Trinajstić information content (AvgIpc) is 2.74. The van der Waals surface area contributed by atoms with Gasteiger partial charge >= 0.3 is 6.18 Å². The minimum atomic E-state index is -4.48. The van der Waals surface area contributed by atoms with Crippen molar-refractivity contribution in [2.45, 2.75) is 13.1 Å². The number of rotatable bonds is 2. The topological polar surface area (TPSA) is 37.8 Å². The van der Waals surface area contributed by atoms with Crippen LogP contribution in [-0.2, 0) is 6.18 Å². The van der Waals surface area contributed by atoms with Gasteiger partial charge in [-0.05, 0) is 19.1 Å². The van der Waals surface area contributed by atoms with E-state index in [9.17, 15) is 13.2 Å². The number of anilines is 1. The first kappa shape index (κ1) is 12.8. The van der Waals surface area contributed by atoms with E-state index < -0.39 is 11.9 Å². The standard InChI is InChI=1S/C11H10F3N3S/c1-6-3-7(5-18-6)8-4-9(11(12,13)14)17-10(15-2)16-8/h3-5H,1-2H3,(H,15,16,17). The highest BCUT2D eigenvalue weighted by Gasteiger charge is 2.33. The maximum absolute atomic E-state index is 12.7. The average molecular weight is 273 g/mol. The molecule has 0 fully saturated rings. The second kappa shape index (κ2) is 4.56. The van der Waals surface area contributed by atoms with E-state index in [-0.39, 0.29) is 11.6 Å². The fraction of sp³-hybridized carbons (Fsp3) is 0.273. The van der Waals surface area contributed by atoms with Gasteiger partial charge < -0.3 is 5.32 Å². The molecule has 2 aromatic rings. The van der Waals surface area contributed by atoms with Gasteiger partial charge in [0.15, 0.2) is 5.69 Å². The van der Waals surface area contributed by atoms with Crippen LogP contribution in [-0.4, -0.2) is 17.0 Å². The molecule has 2 heterocycles. The van der Waals surface area contributed by atoms with Crippen LogP contribution < -0.4 is 5.32 Å². The summed E-state index contributed by atoms with van der Waals surface area (Å²) >= 11 is 1.46. The van der Waals surface area contributed by atoms with Gasteiger partial charge in [-0.3, -0.25) is 0 Å². The molecule has 0 saturated heterocycles. The summed E-state index contributed by atoms with van der Waals surface area (Å²) in [6.07, 6.45) is -4.48. The zero-order valence-electron chi connectivity index (χ0n) is 9.67. The summed E-state index contributed by atoms with van der Waals surface area (Å²) in [5.74, 6) is -0.0383. The number of hydrogen-bond acceptors (Lipinski definition) is 4. The molecule has 2 rings (SSSR count). The molecular weight excluding hydrogens is 263 g/mol. The number of aryl methyl sites for hydroxylation is 1. The van der Waals surface area contributed by atoms with E-state index in [0.717, 1.165) is 10.9 Å². The minimum Gasteiger partial charge on any atom is -0.357 e. The van der Waals surface area contributed by atoms with E-state index >= 15 is 0 Å². The lowest BCUT2D eigenvalue weighted by atomic mass is 10.2. The summed E-state index contributed by atoms with van der Waals surface area (Å²) in [5, 5.41) is 4.31. The predicted molar refractivity (Wildman–Crippen MR) is 64.6 cm³/mol. The monoisotopic (exact) mass is 273 g/mol. The van der Waals surface area contributed by atoms with Gasteiger partial charge in [-0.25, -0.2) is 9.97 Å². The van der Waals surface area contributed by atoms with Crippen molar-refractivity contribution >= 4 is 17.3 Å². The third-order valence-corrected chi connectivity index (χ3v) is 3.13. The van der Waals surface area contributed by atoms with Gasteiger partial charge in [-0.1, -0.05) is 0 Å². The van der Waals surface area contributed by atoms with E-state index in [4.69, 9.17) is 0 Å². The molecule has 0 aliphatic rings. The van der Waals surface area contributed by atoms with E-state index in [1.165, 1.54) is 18.4 Å². The Kier molecular flexibility index (Phi) is 3.25. The van der Waals surface area contributed by atoms with Crippen molar-refractivity contribution < 1.29 is 13.2 Å². The van der Waals surface area contributed by atoms with Crippen LogP contribution in [0.2, 0.25) is 0 Å². The van der Waals surface area contributed by atoms with E-state index in [1.54, 1.807) is 11.4 Å². The van der Waals surface area contributed by atoms with Crippen molar-refractivity contribution in [3.8, 4) is 11.3 Å². The van der Waals surface area contributed by atoms with E-state index in [1.807, 2.05) is 6.92 Å². The lowest BCUT2D eigenvalue weighted by molar-refractivity contribution is -0.141. The number of aromatic nitrogens is 2. The predicted octanol–water partition coefficient (Wildman–Crippen LogP) is 3.57. The Morgan fingerprint density at radius 1 is 1.22 bits per heavy atom. The van der Waals surface area contributed by atoms with Crippen molar-refractivity contribution in [1.29, 1.82) is 0 Å². The first-order valence-corrected chi connectivity index (χ1v) is 5.97. The fourth-order valence-electron chi connectivity index (χ4n) is 1.43. The Labute approximate surface area is 106 Å². The number of hydrogen-bond donors (Lipinski definition) is 1. The smallest absolute Gasteiger partial charge is 0.357 e. The van der Waals surface area contributed by atoms with Crippen LogP contribution in [0.3, 0.4) is 0 Å². The third-order valence-electron chi connectivity index (χ3n) is 2.27. The minimum absolute atomic E-state index is 0.0383. The van der Waals surface area contributed by atoms with Crippen LogP contribution in [0.5, 0.6) is 0 Å². The van der Waals surface area contributed by atoms with Gasteiger partial charge in [0.2, 0.25) is 5.95 Å². The van der Waals surface area contributed by atoms with Crippen LogP contribution in [0.25, 0.3) is 11.3 Å². The number of halogens is 3. The molecule has 1 N–H and O–H groups in total. The fourth-order valence-corrected chi connectivity index (χ4v) is 2.13. The zero-order valence-corrected chi connectivity index (χ0v) is 10.5. The van der Waals surface area contributed by atoms with Crippen molar-refractivity contribution in [3.05, 3.63) is 28.1 Å². The molecule has 0 saturated carbocycles. The van der Waals surface area contributed by atoms with Crippen LogP contribution >= 0.6 is 11.3 Å². The molecule has 0 unspecified atom stereocenters. The molecule has 0 radical (unpaired) electrons. The first-order valence-electron chi connectivity index (χ1n) is 5.09. The second-order valence-corrected chi connectivity index (χ2v) is 4.77. The van der Waals surface area contributed by atoms with Crippen molar-refractivity contribution in [2.24, 2.45) is 0 Å². The Morgan fingerprint density at radius 3 is 2.44 bits per heavy atom. The number of nitrogens with zero attached hydrogens (tertiary/aromatic N) is 2. The van der Waals surface area contributed by atoms with Gasteiger partial charge in [0.1, 0.15) is 0 Å². The van der Waals surface area contributed by atoms with E-state index in [2.05, 4.69) is 15.3 Å². The molecule has 3 nitrogen and oxygen atoms in total. The lowest BCUT2D eigenvalue weighted by Gasteiger charge is -2.09. The second-order valence-electron chi connectivity index (χ2n) is 3.66. The summed E-state index contributed by atoms with van der Waals surface area (Å²) < 4.78 is 38.1. The molecular formula is C11H10F3N3S. The molecule has 0 aliphatic heterocycles. The molecule has 7 heteroatoms. The highest BCUT2D eigenvalue weighted by atomic mass is 32.1. The van der Waals surface area contributed by atoms with Crippen LogP contribution in [0.4, 0.5) is 19.1 Å². The highest BCUT2D eigenvalue weighted by molar-refractivity contribution is 7.10. The number of thiophene rings is 1. The summed E-state index contributed by atoms with van der Waals surface area (Å²) in [4.78, 5) is 8.46. The van der Waals surface area contributed by atoms with Crippen molar-refractivity contribution in [2.75, 3.05) is 12.4 Å². The van der Waals surface area contributed by atoms with Gasteiger partial charge in [0.25, 0.3) is 0 Å². The van der Waals surface area contributed by atoms with Crippen LogP contribution in [0.15, 0.2) is 17.5 Å². The van der Waals surface area contributed by atoms with Crippen LogP contribution in [0.1, 0.15) is 10.6 Å². The summed E-state index contributed by atoms with van der Waals surface area (Å²) in [7, 11) is 1.48. The normalized spacial score (nSPS) is 11.6. The maximum atomic E-state index is 12.7. The molecule has 0 amide bonds. The molecule has 18 heavy (non-hydrogen) atoms. The molecule has 0 aliphatic carbocycles. The first-order chi connectivity index (χ1) is 8.40. The van der Waals surface area contributed by atoms with Crippen molar-refractivity contribution in [1.82, 2.24) is 9.97 Å². The Morgan fingerprint density at radius 2 is 1.94 bits per heavy atom. The maximum Gasteiger partial charge on any atom is 0.433 e. The number of nitrogens with one attached hydrogen (secondary N) is 1. The molecule has 2 aromatic heterocycles. The van der Waals surface area contributed by atoms with Gasteiger partial charge in [-0.2, -0.15) is 13.2 Å². The molecule has 0 atom stereocenters. The Hall–Kier alpha value is -1.63. The van der Waals surface area contributed by atoms with Gasteiger partial charge in [0.05, 0.1) is 5.69 Å². The van der Waals surface area contributed by atoms with E-state index in [0.29, 0.717) is 5.56 Å². The molecule has 0 bridgehead atoms. The summed E-state index contributed by atoms with van der Waals surface area (Å²) in [6.45, 7) is 1.89. The SMILES string of the molecule is CNc1nc(-c2csc(C)c2)cc(C(F)(F)F)n1. The van der Waals surface area contributed by atoms with Crippen LogP contribution in [0, 0.1) is 6.92 Å². The molecule has 96 valence electrons. The van der Waals surface area contributed by atoms with Crippen molar-refractivity contribution in [3.63, 3.8) is 0 Å². The number of alkyl halides is 3. The largest absolute Gasteiger partial charge is 0.433 e. The Balaban J connectivity index is 2.54. The third kappa shape index (κ3) is 2.61. The summed E-state index contributed by atoms with van der Waals surface area (Å²) in [5.41, 5.74) is -0.00590. The highest BCUT2D eigenvalue weighted by Crippen LogP contribution is 2.32. The Bertz CT molecular complexity index is 563. The summed E-state index contributed by atoms with van der Waals surface area (Å²) in [6, 6.07) is 2.76. The zero-order chi connectivity index (χ0) is 13.3. The quantitative estimate of drug-likeness (QED) is 0.909. The van der Waals surface area contributed by atoms with Gasteiger partial charge in [0, 0.05) is 22.9 Å². The van der Waals surface area contributed by atoms with Gasteiger partial charge in [-0.15, -0.1) is 11.3 Å². The molecule has 0 aromatic carbocycles. The lowest BCUT2D eigenvalue weighted by Crippen LogP contribution is -2.11. The molecule has 0 spiro atoms.